The minimum atomic E-state index is -0.849. The Hall–Kier alpha value is -2.00. The number of rotatable bonds is 5. The number of nitrogens with zero attached hydrogens (tertiary/aromatic N) is 5. The molecule has 2 saturated heterocycles. The van der Waals surface area contributed by atoms with Crippen LogP contribution in [0.2, 0.25) is 5.02 Å². The van der Waals surface area contributed by atoms with Gasteiger partial charge in [0.1, 0.15) is 0 Å². The minimum Gasteiger partial charge on any atom is -0.388 e. The fourth-order valence-corrected chi connectivity index (χ4v) is 4.10. The molecule has 29 heavy (non-hydrogen) atoms. The molecule has 8 nitrogen and oxygen atoms in total. The molecule has 4 rings (SSSR count). The van der Waals surface area contributed by atoms with E-state index in [0.29, 0.717) is 51.4 Å². The second kappa shape index (κ2) is 8.79. The van der Waals surface area contributed by atoms with Crippen molar-refractivity contribution in [1.82, 2.24) is 24.8 Å². The first-order chi connectivity index (χ1) is 14.0. The van der Waals surface area contributed by atoms with Gasteiger partial charge in [0.05, 0.1) is 31.6 Å². The standard InChI is InChI=1S/C20H26ClN5O3/c21-17-3-1-2-16(12-17)13-24-6-4-20(28,5-7-24)15-26-14-18(22-23-26)19(27)25-8-10-29-11-9-25/h1-3,12,14,28H,4-11,13,15H2. The van der Waals surface area contributed by atoms with Gasteiger partial charge in [0.15, 0.2) is 5.69 Å². The first-order valence-corrected chi connectivity index (χ1v) is 10.3. The molecule has 0 saturated carbocycles. The van der Waals surface area contributed by atoms with Crippen LogP contribution >= 0.6 is 11.6 Å². The van der Waals surface area contributed by atoms with Crippen LogP contribution in [0.15, 0.2) is 30.5 Å². The van der Waals surface area contributed by atoms with Crippen LogP contribution in [-0.2, 0) is 17.8 Å². The highest BCUT2D eigenvalue weighted by atomic mass is 35.5. The first-order valence-electron chi connectivity index (χ1n) is 9.97. The number of aromatic nitrogens is 3. The van der Waals surface area contributed by atoms with Crippen molar-refractivity contribution >= 4 is 17.5 Å². The summed E-state index contributed by atoms with van der Waals surface area (Å²) < 4.78 is 6.86. The van der Waals surface area contributed by atoms with Gasteiger partial charge in [0, 0.05) is 37.7 Å². The Kier molecular flexibility index (Phi) is 6.15. The molecule has 2 aliphatic heterocycles. The fourth-order valence-electron chi connectivity index (χ4n) is 3.88. The number of benzene rings is 1. The van der Waals surface area contributed by atoms with Gasteiger partial charge < -0.3 is 14.7 Å². The summed E-state index contributed by atoms with van der Waals surface area (Å²) in [6, 6.07) is 7.87. The van der Waals surface area contributed by atoms with Crippen LogP contribution in [0, 0.1) is 0 Å². The lowest BCUT2D eigenvalue weighted by Crippen LogP contribution is -2.46. The number of likely N-dealkylation sites (tertiary alicyclic amines) is 1. The summed E-state index contributed by atoms with van der Waals surface area (Å²) in [6.45, 7) is 4.96. The molecule has 9 heteroatoms. The lowest BCUT2D eigenvalue weighted by molar-refractivity contribution is -0.0383. The maximum Gasteiger partial charge on any atom is 0.276 e. The van der Waals surface area contributed by atoms with Gasteiger partial charge in [-0.25, -0.2) is 4.68 Å². The zero-order chi connectivity index (χ0) is 20.3. The largest absolute Gasteiger partial charge is 0.388 e. The molecule has 0 spiro atoms. The van der Waals surface area contributed by atoms with Gasteiger partial charge in [-0.3, -0.25) is 9.69 Å². The monoisotopic (exact) mass is 419 g/mol. The van der Waals surface area contributed by atoms with E-state index in [2.05, 4.69) is 21.3 Å². The molecule has 0 aliphatic carbocycles. The predicted octanol–water partition coefficient (Wildman–Crippen LogP) is 1.43. The van der Waals surface area contributed by atoms with E-state index in [1.54, 1.807) is 15.8 Å². The van der Waals surface area contributed by atoms with Gasteiger partial charge in [0.2, 0.25) is 0 Å². The van der Waals surface area contributed by atoms with E-state index in [9.17, 15) is 9.90 Å². The average molecular weight is 420 g/mol. The number of hydrogen-bond acceptors (Lipinski definition) is 6. The predicted molar refractivity (Wildman–Crippen MR) is 108 cm³/mol. The normalized spacial score (nSPS) is 20.0. The first kappa shape index (κ1) is 20.3. The molecule has 1 aromatic carbocycles. The van der Waals surface area contributed by atoms with Gasteiger partial charge in [-0.15, -0.1) is 5.10 Å². The van der Waals surface area contributed by atoms with E-state index in [0.717, 1.165) is 24.7 Å². The highest BCUT2D eigenvalue weighted by molar-refractivity contribution is 6.30. The molecule has 1 amide bonds. The highest BCUT2D eigenvalue weighted by Gasteiger charge is 2.33. The van der Waals surface area contributed by atoms with Crippen molar-refractivity contribution in [2.75, 3.05) is 39.4 Å². The van der Waals surface area contributed by atoms with Gasteiger partial charge >= 0.3 is 0 Å². The molecule has 2 aromatic rings. The number of halogens is 1. The highest BCUT2D eigenvalue weighted by Crippen LogP contribution is 2.25. The molecule has 0 radical (unpaired) electrons. The van der Waals surface area contributed by atoms with Crippen LogP contribution in [0.1, 0.15) is 28.9 Å². The summed E-state index contributed by atoms with van der Waals surface area (Å²) in [5, 5.41) is 19.8. The average Bonchev–Trinajstić information content (AvgIpc) is 3.18. The number of carbonyl (C=O) groups is 1. The van der Waals surface area contributed by atoms with Crippen molar-refractivity contribution in [2.45, 2.75) is 31.5 Å². The quantitative estimate of drug-likeness (QED) is 0.789. The Labute approximate surface area is 175 Å². The summed E-state index contributed by atoms with van der Waals surface area (Å²) in [5.74, 6) is -0.136. The van der Waals surface area contributed by atoms with E-state index in [-0.39, 0.29) is 5.91 Å². The maximum absolute atomic E-state index is 12.5. The summed E-state index contributed by atoms with van der Waals surface area (Å²) in [6.07, 6.45) is 2.91. The van der Waals surface area contributed by atoms with E-state index in [1.807, 2.05) is 18.2 Å². The van der Waals surface area contributed by atoms with Crippen molar-refractivity contribution in [2.24, 2.45) is 0 Å². The molecule has 0 unspecified atom stereocenters. The molecule has 3 heterocycles. The number of carbonyl (C=O) groups excluding carboxylic acids is 1. The molecule has 1 N–H and O–H groups in total. The van der Waals surface area contributed by atoms with Crippen molar-refractivity contribution in [3.63, 3.8) is 0 Å². The SMILES string of the molecule is O=C(c1cn(CC2(O)CCN(Cc3cccc(Cl)c3)CC2)nn1)N1CCOCC1. The fraction of sp³-hybridized carbons (Fsp3) is 0.550. The molecular weight excluding hydrogens is 394 g/mol. The molecule has 156 valence electrons. The Balaban J connectivity index is 1.31. The van der Waals surface area contributed by atoms with Crippen LogP contribution in [0.3, 0.4) is 0 Å². The number of aliphatic hydroxyl groups is 1. The van der Waals surface area contributed by atoms with Crippen LogP contribution in [-0.4, -0.2) is 80.8 Å². The van der Waals surface area contributed by atoms with Gasteiger partial charge in [-0.05, 0) is 30.5 Å². The molecular formula is C20H26ClN5O3. The van der Waals surface area contributed by atoms with Crippen molar-refractivity contribution in [3.8, 4) is 0 Å². The summed E-state index contributed by atoms with van der Waals surface area (Å²) in [5.41, 5.74) is 0.636. The van der Waals surface area contributed by atoms with E-state index >= 15 is 0 Å². The van der Waals surface area contributed by atoms with Crippen LogP contribution in [0.4, 0.5) is 0 Å². The molecule has 1 aromatic heterocycles. The smallest absolute Gasteiger partial charge is 0.276 e. The molecule has 0 bridgehead atoms. The van der Waals surface area contributed by atoms with Crippen LogP contribution in [0.25, 0.3) is 0 Å². The lowest BCUT2D eigenvalue weighted by atomic mass is 9.91. The summed E-state index contributed by atoms with van der Waals surface area (Å²) in [4.78, 5) is 16.5. The Morgan fingerprint density at radius 3 is 2.69 bits per heavy atom. The third-order valence-electron chi connectivity index (χ3n) is 5.59. The lowest BCUT2D eigenvalue weighted by Gasteiger charge is -2.38. The number of amides is 1. The second-order valence-corrected chi connectivity index (χ2v) is 8.27. The zero-order valence-electron chi connectivity index (χ0n) is 16.3. The maximum atomic E-state index is 12.5. The van der Waals surface area contributed by atoms with Gasteiger partial charge in [0.25, 0.3) is 5.91 Å². The van der Waals surface area contributed by atoms with Crippen molar-refractivity contribution in [3.05, 3.63) is 46.7 Å². The molecule has 0 atom stereocenters. The number of ether oxygens (including phenoxy) is 1. The topological polar surface area (TPSA) is 83.7 Å². The number of piperidine rings is 1. The minimum absolute atomic E-state index is 0.136. The van der Waals surface area contributed by atoms with Crippen LogP contribution in [0.5, 0.6) is 0 Å². The number of hydrogen-bond donors (Lipinski definition) is 1. The zero-order valence-corrected chi connectivity index (χ0v) is 17.1. The Bertz CT molecular complexity index is 844. The van der Waals surface area contributed by atoms with Crippen molar-refractivity contribution < 1.29 is 14.6 Å². The third kappa shape index (κ3) is 5.14. The third-order valence-corrected chi connectivity index (χ3v) is 5.83. The van der Waals surface area contributed by atoms with Gasteiger partial charge in [-0.1, -0.05) is 28.9 Å². The van der Waals surface area contributed by atoms with Crippen molar-refractivity contribution in [1.29, 1.82) is 0 Å². The van der Waals surface area contributed by atoms with E-state index in [4.69, 9.17) is 16.3 Å². The second-order valence-electron chi connectivity index (χ2n) is 7.84. The van der Waals surface area contributed by atoms with E-state index < -0.39 is 5.60 Å². The summed E-state index contributed by atoms with van der Waals surface area (Å²) in [7, 11) is 0. The summed E-state index contributed by atoms with van der Waals surface area (Å²) >= 11 is 6.06. The van der Waals surface area contributed by atoms with Gasteiger partial charge in [-0.2, -0.15) is 0 Å². The number of morpholine rings is 1. The van der Waals surface area contributed by atoms with E-state index in [1.165, 1.54) is 5.56 Å². The Morgan fingerprint density at radius 2 is 1.97 bits per heavy atom. The molecule has 2 fully saturated rings. The van der Waals surface area contributed by atoms with Crippen LogP contribution < -0.4 is 0 Å². The molecule has 2 aliphatic rings. The Morgan fingerprint density at radius 1 is 1.21 bits per heavy atom.